The summed E-state index contributed by atoms with van der Waals surface area (Å²) in [5.74, 6) is 0.0323. The number of H-pyrrole nitrogens is 1. The summed E-state index contributed by atoms with van der Waals surface area (Å²) in [7, 11) is 0. The third kappa shape index (κ3) is 4.40. The Labute approximate surface area is 216 Å². The molecule has 1 fully saturated rings. The van der Waals surface area contributed by atoms with Crippen molar-refractivity contribution < 1.29 is 9.90 Å². The lowest BCUT2D eigenvalue weighted by atomic mass is 9.92. The zero-order chi connectivity index (χ0) is 23.9. The number of hydrogen-bond donors (Lipinski definition) is 2. The van der Waals surface area contributed by atoms with Gasteiger partial charge in [-0.25, -0.2) is 0 Å². The number of aromatic amines is 1. The van der Waals surface area contributed by atoms with Crippen molar-refractivity contribution in [2.75, 3.05) is 6.61 Å². The van der Waals surface area contributed by atoms with Crippen molar-refractivity contribution in [2.24, 2.45) is 0 Å². The van der Waals surface area contributed by atoms with Gasteiger partial charge in [-0.3, -0.25) is 4.79 Å². The number of nitrogens with one attached hydrogen (secondary N) is 1. The summed E-state index contributed by atoms with van der Waals surface area (Å²) in [4.78, 5) is 19.8. The Balaban J connectivity index is 1.62. The van der Waals surface area contributed by atoms with E-state index in [1.807, 2.05) is 53.6 Å². The number of carbonyl (C=O) groups excluding carboxylic acids is 1. The van der Waals surface area contributed by atoms with Crippen LogP contribution in [0.2, 0.25) is 5.02 Å². The van der Waals surface area contributed by atoms with Gasteiger partial charge in [-0.2, -0.15) is 0 Å². The van der Waals surface area contributed by atoms with Crippen LogP contribution in [0.1, 0.15) is 29.2 Å². The highest BCUT2D eigenvalue weighted by atomic mass is 79.9. The van der Waals surface area contributed by atoms with Gasteiger partial charge in [0.05, 0.1) is 17.4 Å². The maximum Gasteiger partial charge on any atom is 0.225 e. The van der Waals surface area contributed by atoms with E-state index in [0.29, 0.717) is 11.6 Å². The average Bonchev–Trinajstić information content (AvgIpc) is 3.34. The van der Waals surface area contributed by atoms with E-state index in [9.17, 15) is 9.90 Å². The van der Waals surface area contributed by atoms with E-state index in [1.165, 1.54) is 5.56 Å². The van der Waals surface area contributed by atoms with Crippen LogP contribution in [0.15, 0.2) is 82.3 Å². The van der Waals surface area contributed by atoms with E-state index in [4.69, 9.17) is 11.6 Å². The molecule has 0 radical (unpaired) electrons. The van der Waals surface area contributed by atoms with Crippen LogP contribution in [0.3, 0.4) is 0 Å². The number of fused-ring (bicyclic) bond motifs is 1. The third-order valence-corrected chi connectivity index (χ3v) is 8.60. The van der Waals surface area contributed by atoms with Crippen LogP contribution in [0, 0.1) is 6.92 Å². The molecule has 7 heteroatoms. The number of carbonyl (C=O) groups is 1. The number of aliphatic hydroxyl groups excluding tert-OH is 1. The molecule has 2 unspecified atom stereocenters. The van der Waals surface area contributed by atoms with E-state index in [1.54, 1.807) is 11.8 Å². The number of amides is 1. The van der Waals surface area contributed by atoms with E-state index in [2.05, 4.69) is 52.1 Å². The SMILES string of the molecule is Cc1ccc(SC2(CO)CC(=O)N(Cc3ccc(Br)cc3)C2c2c[nH]c3cc(Cl)ccc23)cc1. The standard InChI is InChI=1S/C27H24BrClN2O2S/c1-17-2-9-21(10-3-17)34-27(16-32)13-25(33)31(15-18-4-6-19(28)7-5-18)26(27)23-14-30-24-12-20(29)8-11-22(23)24/h2-12,14,26,30,32H,13,15-16H2,1H3. The van der Waals surface area contributed by atoms with Crippen molar-refractivity contribution in [1.82, 2.24) is 9.88 Å². The van der Waals surface area contributed by atoms with Gasteiger partial charge < -0.3 is 15.0 Å². The molecule has 1 aromatic heterocycles. The van der Waals surface area contributed by atoms with Crippen LogP contribution in [0.5, 0.6) is 0 Å². The van der Waals surface area contributed by atoms with Gasteiger partial charge in [0, 0.05) is 50.0 Å². The van der Waals surface area contributed by atoms with Crippen LogP contribution < -0.4 is 0 Å². The predicted octanol–water partition coefficient (Wildman–Crippen LogP) is 6.89. The van der Waals surface area contributed by atoms with E-state index < -0.39 is 4.75 Å². The van der Waals surface area contributed by atoms with E-state index in [0.717, 1.165) is 31.4 Å². The maximum atomic E-state index is 13.5. The Hall–Kier alpha value is -2.25. The largest absolute Gasteiger partial charge is 0.395 e. The highest BCUT2D eigenvalue weighted by molar-refractivity contribution is 9.10. The number of thioether (sulfide) groups is 1. The molecule has 174 valence electrons. The number of nitrogens with zero attached hydrogens (tertiary/aromatic N) is 1. The molecule has 1 aliphatic heterocycles. The number of halogens is 2. The Bertz CT molecular complexity index is 1340. The number of hydrogen-bond acceptors (Lipinski definition) is 3. The first-order chi connectivity index (χ1) is 16.4. The van der Waals surface area contributed by atoms with Gasteiger partial charge in [-0.05, 0) is 48.9 Å². The number of aryl methyl sites for hydroxylation is 1. The molecule has 1 saturated heterocycles. The van der Waals surface area contributed by atoms with Gasteiger partial charge in [0.2, 0.25) is 5.91 Å². The van der Waals surface area contributed by atoms with Gasteiger partial charge >= 0.3 is 0 Å². The quantitative estimate of drug-likeness (QED) is 0.272. The normalized spacial score (nSPS) is 20.4. The number of aliphatic hydroxyl groups is 1. The molecule has 2 atom stereocenters. The van der Waals surface area contributed by atoms with Crippen LogP contribution >= 0.6 is 39.3 Å². The second kappa shape index (κ2) is 9.42. The number of likely N-dealkylation sites (tertiary alicyclic amines) is 1. The zero-order valence-corrected chi connectivity index (χ0v) is 21.8. The minimum absolute atomic E-state index is 0.0323. The number of benzene rings is 3. The summed E-state index contributed by atoms with van der Waals surface area (Å²) >= 11 is 11.3. The van der Waals surface area contributed by atoms with Gasteiger partial charge in [0.1, 0.15) is 0 Å². The van der Waals surface area contributed by atoms with Crippen molar-refractivity contribution in [2.45, 2.75) is 35.6 Å². The minimum atomic E-state index is -0.726. The molecular weight excluding hydrogens is 532 g/mol. The molecule has 5 rings (SSSR count). The molecule has 2 N–H and O–H groups in total. The molecule has 0 aliphatic carbocycles. The lowest BCUT2D eigenvalue weighted by Crippen LogP contribution is -2.38. The van der Waals surface area contributed by atoms with Gasteiger partial charge in [0.15, 0.2) is 0 Å². The predicted molar refractivity (Wildman–Crippen MR) is 142 cm³/mol. The summed E-state index contributed by atoms with van der Waals surface area (Å²) in [5.41, 5.74) is 4.12. The molecule has 2 heterocycles. The Morgan fingerprint density at radius 2 is 1.88 bits per heavy atom. The van der Waals surface area contributed by atoms with Crippen LogP contribution in [-0.2, 0) is 11.3 Å². The van der Waals surface area contributed by atoms with Crippen LogP contribution in [0.4, 0.5) is 0 Å². The molecule has 1 aliphatic rings. The summed E-state index contributed by atoms with van der Waals surface area (Å²) in [6.45, 7) is 2.39. The molecule has 0 spiro atoms. The molecule has 0 bridgehead atoms. The Morgan fingerprint density at radius 3 is 2.59 bits per heavy atom. The first-order valence-corrected chi connectivity index (χ1v) is 13.0. The number of aromatic nitrogens is 1. The smallest absolute Gasteiger partial charge is 0.225 e. The van der Waals surface area contributed by atoms with Gasteiger partial charge in [-0.15, -0.1) is 11.8 Å². The second-order valence-corrected chi connectivity index (χ2v) is 11.6. The molecule has 4 nitrogen and oxygen atoms in total. The van der Waals surface area contributed by atoms with E-state index >= 15 is 0 Å². The Morgan fingerprint density at radius 1 is 1.15 bits per heavy atom. The first-order valence-electron chi connectivity index (χ1n) is 11.1. The van der Waals surface area contributed by atoms with Crippen LogP contribution in [0.25, 0.3) is 10.9 Å². The summed E-state index contributed by atoms with van der Waals surface area (Å²) in [6.07, 6.45) is 2.21. The fourth-order valence-electron chi connectivity index (χ4n) is 4.75. The van der Waals surface area contributed by atoms with Gasteiger partial charge in [-0.1, -0.05) is 63.4 Å². The minimum Gasteiger partial charge on any atom is -0.395 e. The molecule has 34 heavy (non-hydrogen) atoms. The number of rotatable bonds is 6. The summed E-state index contributed by atoms with van der Waals surface area (Å²) in [5, 5.41) is 12.5. The molecule has 3 aromatic carbocycles. The first kappa shape index (κ1) is 23.5. The van der Waals surface area contributed by atoms with Crippen LogP contribution in [-0.4, -0.2) is 32.3 Å². The lowest BCUT2D eigenvalue weighted by Gasteiger charge is -2.36. The monoisotopic (exact) mass is 554 g/mol. The fraction of sp³-hybridized carbons (Fsp3) is 0.222. The fourth-order valence-corrected chi connectivity index (χ4v) is 6.56. The van der Waals surface area contributed by atoms with Crippen molar-refractivity contribution in [3.05, 3.63) is 99.1 Å². The molecule has 0 saturated carbocycles. The Kier molecular flexibility index (Phi) is 6.51. The van der Waals surface area contributed by atoms with Crippen molar-refractivity contribution in [1.29, 1.82) is 0 Å². The highest BCUT2D eigenvalue weighted by Gasteiger charge is 2.53. The van der Waals surface area contributed by atoms with Crippen molar-refractivity contribution in [3.8, 4) is 0 Å². The highest BCUT2D eigenvalue weighted by Crippen LogP contribution is 2.53. The molecule has 1 amide bonds. The topological polar surface area (TPSA) is 56.3 Å². The third-order valence-electron chi connectivity index (χ3n) is 6.43. The molecule has 4 aromatic rings. The van der Waals surface area contributed by atoms with Gasteiger partial charge in [0.25, 0.3) is 0 Å². The lowest BCUT2D eigenvalue weighted by molar-refractivity contribution is -0.129. The average molecular weight is 556 g/mol. The summed E-state index contributed by atoms with van der Waals surface area (Å²) in [6, 6.07) is 21.7. The molecular formula is C27H24BrClN2O2S. The maximum absolute atomic E-state index is 13.5. The zero-order valence-electron chi connectivity index (χ0n) is 18.6. The summed E-state index contributed by atoms with van der Waals surface area (Å²) < 4.78 is 0.268. The van der Waals surface area contributed by atoms with Crippen molar-refractivity contribution >= 4 is 56.1 Å². The van der Waals surface area contributed by atoms with Crippen molar-refractivity contribution in [3.63, 3.8) is 0 Å². The van der Waals surface area contributed by atoms with E-state index in [-0.39, 0.29) is 25.0 Å². The second-order valence-electron chi connectivity index (χ2n) is 8.80.